The van der Waals surface area contributed by atoms with Crippen molar-refractivity contribution in [1.82, 2.24) is 15.0 Å². The Kier molecular flexibility index (Phi) is 5.94. The highest BCUT2D eigenvalue weighted by molar-refractivity contribution is 7.90. The van der Waals surface area contributed by atoms with Gasteiger partial charge in [-0.15, -0.1) is 0 Å². The average molecular weight is 493 g/mol. The van der Waals surface area contributed by atoms with E-state index >= 15 is 0 Å². The number of carbonyl (C=O) groups excluding carboxylic acids is 1. The average Bonchev–Trinajstić information content (AvgIpc) is 3.11. The van der Waals surface area contributed by atoms with Gasteiger partial charge in [0.1, 0.15) is 0 Å². The van der Waals surface area contributed by atoms with Crippen LogP contribution in [0.4, 0.5) is 5.13 Å². The molecule has 0 radical (unpaired) electrons. The minimum Gasteiger partial charge on any atom is -0.296 e. The monoisotopic (exact) mass is 492 g/mol. The van der Waals surface area contributed by atoms with Gasteiger partial charge in [0.05, 0.1) is 27.2 Å². The number of rotatable bonds is 5. The summed E-state index contributed by atoms with van der Waals surface area (Å²) >= 11 is 13.3. The first-order valence-corrected chi connectivity index (χ1v) is 12.1. The van der Waals surface area contributed by atoms with Gasteiger partial charge in [-0.1, -0.05) is 58.8 Å². The van der Waals surface area contributed by atoms with Gasteiger partial charge in [-0.25, -0.2) is 23.4 Å². The summed E-state index contributed by atoms with van der Waals surface area (Å²) in [7, 11) is -3.90. The summed E-state index contributed by atoms with van der Waals surface area (Å²) in [5.74, 6) is -0.981. The molecule has 2 aromatic carbocycles. The molecule has 0 fully saturated rings. The van der Waals surface area contributed by atoms with E-state index in [4.69, 9.17) is 23.2 Å². The topological polar surface area (TPSA) is 102 Å². The molecule has 0 aliphatic rings. The van der Waals surface area contributed by atoms with E-state index < -0.39 is 20.9 Å². The van der Waals surface area contributed by atoms with Crippen LogP contribution in [0.1, 0.15) is 21.6 Å². The maximum Gasteiger partial charge on any atom is 0.277 e. The Morgan fingerprint density at radius 3 is 2.68 bits per heavy atom. The van der Waals surface area contributed by atoms with Crippen LogP contribution in [0, 0.1) is 6.92 Å². The van der Waals surface area contributed by atoms with Gasteiger partial charge in [0.25, 0.3) is 5.91 Å². The molecule has 4 aromatic rings. The number of halogens is 2. The second-order valence-electron chi connectivity index (χ2n) is 6.62. The number of nitrogens with one attached hydrogen (secondary N) is 1. The Balaban J connectivity index is 1.62. The lowest BCUT2D eigenvalue weighted by Crippen LogP contribution is -2.18. The molecule has 0 bridgehead atoms. The van der Waals surface area contributed by atoms with Crippen LogP contribution in [0.3, 0.4) is 0 Å². The molecule has 1 N–H and O–H groups in total. The predicted molar refractivity (Wildman–Crippen MR) is 122 cm³/mol. The van der Waals surface area contributed by atoms with Crippen molar-refractivity contribution in [3.05, 3.63) is 75.5 Å². The number of nitrogens with zero attached hydrogens (tertiary/aromatic N) is 3. The summed E-state index contributed by atoms with van der Waals surface area (Å²) < 4.78 is 26.4. The van der Waals surface area contributed by atoms with E-state index in [9.17, 15) is 13.2 Å². The first-order valence-electron chi connectivity index (χ1n) is 8.90. The molecule has 7 nitrogen and oxygen atoms in total. The summed E-state index contributed by atoms with van der Waals surface area (Å²) in [4.78, 5) is 24.8. The van der Waals surface area contributed by atoms with Crippen LogP contribution in [0.15, 0.2) is 53.8 Å². The molecular formula is C20H14Cl2N4O3S2. The van der Waals surface area contributed by atoms with Crippen molar-refractivity contribution in [3.63, 3.8) is 0 Å². The fraction of sp³-hybridized carbons (Fsp3) is 0.100. The van der Waals surface area contributed by atoms with E-state index in [-0.39, 0.29) is 16.5 Å². The number of aryl methyl sites for hydroxylation is 1. The first-order chi connectivity index (χ1) is 14.7. The number of hydrogen-bond acceptors (Lipinski definition) is 7. The fourth-order valence-corrected chi connectivity index (χ4v) is 5.43. The molecule has 0 aliphatic heterocycles. The van der Waals surface area contributed by atoms with Gasteiger partial charge in [0.2, 0.25) is 15.0 Å². The van der Waals surface area contributed by atoms with Crippen LogP contribution in [0.25, 0.3) is 10.2 Å². The van der Waals surface area contributed by atoms with Gasteiger partial charge in [0, 0.05) is 5.02 Å². The maximum absolute atomic E-state index is 12.8. The third-order valence-electron chi connectivity index (χ3n) is 4.39. The number of hydrogen-bond donors (Lipinski definition) is 1. The summed E-state index contributed by atoms with van der Waals surface area (Å²) in [6, 6.07) is 12.3. The predicted octanol–water partition coefficient (Wildman–Crippen LogP) is 4.93. The third kappa shape index (κ3) is 4.69. The number of sulfone groups is 1. The van der Waals surface area contributed by atoms with Crippen molar-refractivity contribution in [2.45, 2.75) is 17.8 Å². The van der Waals surface area contributed by atoms with Crippen molar-refractivity contribution in [3.8, 4) is 0 Å². The SMILES string of the molecule is Cc1ccccc1CS(=O)(=O)c1ncc(Cl)c(C(=O)Nc2nc3ccc(Cl)cc3s2)n1. The van der Waals surface area contributed by atoms with Crippen LogP contribution >= 0.6 is 34.5 Å². The van der Waals surface area contributed by atoms with E-state index in [1.807, 2.05) is 19.1 Å². The summed E-state index contributed by atoms with van der Waals surface area (Å²) in [5, 5.41) is 2.92. The molecule has 31 heavy (non-hydrogen) atoms. The molecule has 0 aliphatic carbocycles. The second kappa shape index (κ2) is 8.51. The maximum atomic E-state index is 12.8. The second-order valence-corrected chi connectivity index (χ2v) is 10.4. The molecule has 158 valence electrons. The van der Waals surface area contributed by atoms with Crippen LogP contribution in [0.2, 0.25) is 10.0 Å². The number of benzene rings is 2. The lowest BCUT2D eigenvalue weighted by molar-refractivity contribution is 0.102. The van der Waals surface area contributed by atoms with E-state index in [1.165, 1.54) is 11.3 Å². The molecule has 0 saturated carbocycles. The number of aromatic nitrogens is 3. The van der Waals surface area contributed by atoms with Gasteiger partial charge in [-0.2, -0.15) is 0 Å². The summed E-state index contributed by atoms with van der Waals surface area (Å²) in [6.45, 7) is 1.82. The molecular weight excluding hydrogens is 479 g/mol. The van der Waals surface area contributed by atoms with Crippen molar-refractivity contribution in [1.29, 1.82) is 0 Å². The van der Waals surface area contributed by atoms with Crippen LogP contribution in [-0.4, -0.2) is 29.3 Å². The number of amides is 1. The molecule has 0 unspecified atom stereocenters. The fourth-order valence-electron chi connectivity index (χ4n) is 2.81. The Bertz CT molecular complexity index is 1420. The Morgan fingerprint density at radius 2 is 1.90 bits per heavy atom. The van der Waals surface area contributed by atoms with E-state index in [0.29, 0.717) is 21.2 Å². The lowest BCUT2D eigenvalue weighted by Gasteiger charge is -2.08. The molecule has 2 aromatic heterocycles. The Hall–Kier alpha value is -2.59. The van der Waals surface area contributed by atoms with E-state index in [0.717, 1.165) is 16.5 Å². The normalized spacial score (nSPS) is 11.6. The highest BCUT2D eigenvalue weighted by Gasteiger charge is 2.24. The van der Waals surface area contributed by atoms with Crippen molar-refractivity contribution < 1.29 is 13.2 Å². The standard InChI is InChI=1S/C20H14Cl2N4O3S2/c1-11-4-2-3-5-12(11)10-31(28,29)20-23-9-14(22)17(25-20)18(27)26-19-24-15-7-6-13(21)8-16(15)30-19/h2-9H,10H2,1H3,(H,24,26,27). The molecule has 0 spiro atoms. The Labute approximate surface area is 192 Å². The minimum absolute atomic E-state index is 0.0727. The summed E-state index contributed by atoms with van der Waals surface area (Å²) in [6.07, 6.45) is 1.10. The van der Waals surface area contributed by atoms with Gasteiger partial charge in [-0.05, 0) is 36.2 Å². The van der Waals surface area contributed by atoms with Crippen molar-refractivity contribution >= 4 is 65.6 Å². The summed E-state index contributed by atoms with van der Waals surface area (Å²) in [5.41, 5.74) is 1.87. The molecule has 0 saturated heterocycles. The van der Waals surface area contributed by atoms with E-state index in [2.05, 4.69) is 20.3 Å². The zero-order valence-electron chi connectivity index (χ0n) is 16.0. The molecule has 1 amide bonds. The van der Waals surface area contributed by atoms with Gasteiger partial charge in [0.15, 0.2) is 10.8 Å². The van der Waals surface area contributed by atoms with Gasteiger partial charge < -0.3 is 0 Å². The smallest absolute Gasteiger partial charge is 0.277 e. The third-order valence-corrected chi connectivity index (χ3v) is 7.28. The highest BCUT2D eigenvalue weighted by Crippen LogP contribution is 2.29. The zero-order chi connectivity index (χ0) is 22.2. The number of carbonyl (C=O) groups is 1. The van der Waals surface area contributed by atoms with Crippen LogP contribution in [-0.2, 0) is 15.6 Å². The molecule has 0 atom stereocenters. The minimum atomic E-state index is -3.90. The van der Waals surface area contributed by atoms with Crippen LogP contribution < -0.4 is 5.32 Å². The lowest BCUT2D eigenvalue weighted by atomic mass is 10.1. The number of anilines is 1. The molecule has 11 heteroatoms. The largest absolute Gasteiger partial charge is 0.296 e. The molecule has 4 rings (SSSR count). The zero-order valence-corrected chi connectivity index (χ0v) is 19.1. The van der Waals surface area contributed by atoms with E-state index in [1.54, 1.807) is 30.3 Å². The highest BCUT2D eigenvalue weighted by atomic mass is 35.5. The van der Waals surface area contributed by atoms with Crippen molar-refractivity contribution in [2.75, 3.05) is 5.32 Å². The first kappa shape index (κ1) is 21.6. The molecule has 2 heterocycles. The Morgan fingerprint density at radius 1 is 1.13 bits per heavy atom. The van der Waals surface area contributed by atoms with Crippen molar-refractivity contribution in [2.24, 2.45) is 0 Å². The van der Waals surface area contributed by atoms with Gasteiger partial charge in [-0.3, -0.25) is 10.1 Å². The number of thiazole rings is 1. The van der Waals surface area contributed by atoms with Crippen LogP contribution in [0.5, 0.6) is 0 Å². The van der Waals surface area contributed by atoms with Gasteiger partial charge >= 0.3 is 0 Å². The quantitative estimate of drug-likeness (QED) is 0.396. The number of fused-ring (bicyclic) bond motifs is 1.